The molecule has 7 heteroatoms. The molecule has 1 unspecified atom stereocenters. The van der Waals surface area contributed by atoms with Gasteiger partial charge < -0.3 is 11.1 Å². The normalized spacial score (nSPS) is 13.9. The first-order chi connectivity index (χ1) is 5.33. The Bertz CT molecular complexity index is 246. The van der Waals surface area contributed by atoms with Gasteiger partial charge in [0, 0.05) is 6.54 Å². The van der Waals surface area contributed by atoms with E-state index in [-0.39, 0.29) is 6.54 Å². The van der Waals surface area contributed by atoms with E-state index in [2.05, 4.69) is 5.32 Å². The van der Waals surface area contributed by atoms with E-state index in [9.17, 15) is 13.2 Å². The number of nitrogens with two attached hydrogens (primary N) is 1. The number of nitrogens with one attached hydrogen (secondary N) is 1. The fourth-order valence-corrected chi connectivity index (χ4v) is 0.824. The van der Waals surface area contributed by atoms with Crippen LogP contribution in [0.3, 0.4) is 0 Å². The highest BCUT2D eigenvalue weighted by molar-refractivity contribution is 7.85. The van der Waals surface area contributed by atoms with Gasteiger partial charge in [-0.1, -0.05) is 0 Å². The van der Waals surface area contributed by atoms with Crippen molar-refractivity contribution in [2.75, 3.05) is 12.3 Å². The molecular formula is C5H12N2O4S. The first kappa shape index (κ1) is 11.3. The number of carbonyl (C=O) groups is 1. The summed E-state index contributed by atoms with van der Waals surface area (Å²) in [4.78, 5) is 10.7. The SMILES string of the molecule is CC(N)C(=O)NCCS(=O)(=O)O. The third-order valence-corrected chi connectivity index (χ3v) is 1.79. The maximum atomic E-state index is 10.7. The lowest BCUT2D eigenvalue weighted by molar-refractivity contribution is -0.121. The molecule has 4 N–H and O–H groups in total. The molecule has 0 fully saturated rings. The molecule has 1 atom stereocenters. The number of hydrogen-bond donors (Lipinski definition) is 3. The minimum Gasteiger partial charge on any atom is -0.354 e. The van der Waals surface area contributed by atoms with Gasteiger partial charge in [-0.05, 0) is 6.92 Å². The highest BCUT2D eigenvalue weighted by atomic mass is 32.2. The lowest BCUT2D eigenvalue weighted by Gasteiger charge is -2.05. The summed E-state index contributed by atoms with van der Waals surface area (Å²) in [7, 11) is -4.00. The number of carbonyl (C=O) groups excluding carboxylic acids is 1. The van der Waals surface area contributed by atoms with Crippen molar-refractivity contribution in [3.63, 3.8) is 0 Å². The van der Waals surface area contributed by atoms with Gasteiger partial charge in [0.25, 0.3) is 10.1 Å². The maximum absolute atomic E-state index is 10.7. The van der Waals surface area contributed by atoms with Crippen molar-refractivity contribution >= 4 is 16.0 Å². The molecule has 0 radical (unpaired) electrons. The van der Waals surface area contributed by atoms with E-state index in [4.69, 9.17) is 10.3 Å². The molecule has 12 heavy (non-hydrogen) atoms. The zero-order valence-electron chi connectivity index (χ0n) is 6.65. The standard InChI is InChI=1S/C5H12N2O4S/c1-4(6)5(8)7-2-3-12(9,10)11/h4H,2-3,6H2,1H3,(H,7,8)(H,9,10,11). The molecule has 0 aromatic carbocycles. The van der Waals surface area contributed by atoms with Gasteiger partial charge in [0.1, 0.15) is 0 Å². The van der Waals surface area contributed by atoms with Crippen LogP contribution in [0.1, 0.15) is 6.92 Å². The Morgan fingerprint density at radius 3 is 2.50 bits per heavy atom. The van der Waals surface area contributed by atoms with Crippen LogP contribution < -0.4 is 11.1 Å². The van der Waals surface area contributed by atoms with E-state index < -0.39 is 27.8 Å². The van der Waals surface area contributed by atoms with Gasteiger partial charge in [0.05, 0.1) is 11.8 Å². The van der Waals surface area contributed by atoms with Crippen molar-refractivity contribution < 1.29 is 17.8 Å². The van der Waals surface area contributed by atoms with Gasteiger partial charge in [-0.15, -0.1) is 0 Å². The molecule has 0 aliphatic carbocycles. The summed E-state index contributed by atoms with van der Waals surface area (Å²) in [5.74, 6) is -0.940. The van der Waals surface area contributed by atoms with Gasteiger partial charge in [-0.25, -0.2) is 0 Å². The van der Waals surface area contributed by atoms with Crippen molar-refractivity contribution in [1.82, 2.24) is 5.32 Å². The molecule has 0 saturated carbocycles. The molecule has 0 saturated heterocycles. The predicted octanol–water partition coefficient (Wildman–Crippen LogP) is -1.66. The summed E-state index contributed by atoms with van der Waals surface area (Å²) < 4.78 is 28.6. The lowest BCUT2D eigenvalue weighted by Crippen LogP contribution is -2.40. The molecule has 1 amide bonds. The molecule has 0 spiro atoms. The number of rotatable bonds is 4. The van der Waals surface area contributed by atoms with Crippen LogP contribution in [0.2, 0.25) is 0 Å². The third kappa shape index (κ3) is 6.08. The first-order valence-corrected chi connectivity index (χ1v) is 4.92. The van der Waals surface area contributed by atoms with Crippen molar-refractivity contribution in [2.45, 2.75) is 13.0 Å². The summed E-state index contributed by atoms with van der Waals surface area (Å²) in [6.07, 6.45) is 0. The second kappa shape index (κ2) is 4.39. The molecule has 0 aromatic rings. The molecule has 0 aliphatic rings. The van der Waals surface area contributed by atoms with Crippen LogP contribution in [0.4, 0.5) is 0 Å². The molecular weight excluding hydrogens is 184 g/mol. The first-order valence-electron chi connectivity index (χ1n) is 3.31. The van der Waals surface area contributed by atoms with Gasteiger partial charge in [-0.2, -0.15) is 8.42 Å². The maximum Gasteiger partial charge on any atom is 0.266 e. The average molecular weight is 196 g/mol. The van der Waals surface area contributed by atoms with E-state index in [0.717, 1.165) is 0 Å². The van der Waals surface area contributed by atoms with E-state index in [1.54, 1.807) is 0 Å². The minimum atomic E-state index is -4.00. The molecule has 0 aromatic heterocycles. The molecule has 0 aliphatic heterocycles. The Kier molecular flexibility index (Phi) is 4.15. The van der Waals surface area contributed by atoms with Gasteiger partial charge in [0.15, 0.2) is 0 Å². The number of amides is 1. The highest BCUT2D eigenvalue weighted by Crippen LogP contribution is 1.80. The monoisotopic (exact) mass is 196 g/mol. The van der Waals surface area contributed by atoms with Crippen molar-refractivity contribution in [3.8, 4) is 0 Å². The fourth-order valence-electron chi connectivity index (χ4n) is 0.464. The zero-order chi connectivity index (χ0) is 9.78. The second-order valence-electron chi connectivity index (χ2n) is 2.37. The Hall–Kier alpha value is -0.660. The van der Waals surface area contributed by atoms with Crippen LogP contribution in [0.15, 0.2) is 0 Å². The highest BCUT2D eigenvalue weighted by Gasteiger charge is 2.08. The Morgan fingerprint density at radius 1 is 1.67 bits per heavy atom. The van der Waals surface area contributed by atoms with Crippen LogP contribution in [0.5, 0.6) is 0 Å². The van der Waals surface area contributed by atoms with E-state index in [1.165, 1.54) is 6.92 Å². The molecule has 0 heterocycles. The molecule has 6 nitrogen and oxygen atoms in total. The summed E-state index contributed by atoms with van der Waals surface area (Å²) >= 11 is 0. The van der Waals surface area contributed by atoms with Crippen molar-refractivity contribution in [3.05, 3.63) is 0 Å². The quantitative estimate of drug-likeness (QED) is 0.466. The smallest absolute Gasteiger partial charge is 0.266 e. The van der Waals surface area contributed by atoms with Crippen LogP contribution in [0.25, 0.3) is 0 Å². The van der Waals surface area contributed by atoms with E-state index in [1.807, 2.05) is 0 Å². The topological polar surface area (TPSA) is 109 Å². The molecule has 72 valence electrons. The Balaban J connectivity index is 3.66. The minimum absolute atomic E-state index is 0.126. The van der Waals surface area contributed by atoms with E-state index in [0.29, 0.717) is 0 Å². The zero-order valence-corrected chi connectivity index (χ0v) is 7.47. The predicted molar refractivity (Wildman–Crippen MR) is 43.1 cm³/mol. The average Bonchev–Trinajstić information content (AvgIpc) is 1.84. The summed E-state index contributed by atoms with van der Waals surface area (Å²) in [6, 6.07) is -0.675. The largest absolute Gasteiger partial charge is 0.354 e. The summed E-state index contributed by atoms with van der Waals surface area (Å²) in [5, 5.41) is 2.24. The summed E-state index contributed by atoms with van der Waals surface area (Å²) in [5.41, 5.74) is 5.16. The van der Waals surface area contributed by atoms with E-state index >= 15 is 0 Å². The summed E-state index contributed by atoms with van der Waals surface area (Å²) in [6.45, 7) is 1.35. The van der Waals surface area contributed by atoms with Crippen LogP contribution >= 0.6 is 0 Å². The second-order valence-corrected chi connectivity index (χ2v) is 3.94. The van der Waals surface area contributed by atoms with Crippen molar-refractivity contribution in [1.29, 1.82) is 0 Å². The van der Waals surface area contributed by atoms with Gasteiger partial charge in [-0.3, -0.25) is 9.35 Å². The van der Waals surface area contributed by atoms with Crippen molar-refractivity contribution in [2.24, 2.45) is 5.73 Å². The molecule has 0 bridgehead atoms. The van der Waals surface area contributed by atoms with Crippen LogP contribution in [-0.4, -0.2) is 37.2 Å². The molecule has 0 rings (SSSR count). The van der Waals surface area contributed by atoms with Crippen LogP contribution in [-0.2, 0) is 14.9 Å². The third-order valence-electron chi connectivity index (χ3n) is 1.07. The lowest BCUT2D eigenvalue weighted by atomic mass is 10.3. The Morgan fingerprint density at radius 2 is 2.17 bits per heavy atom. The van der Waals surface area contributed by atoms with Gasteiger partial charge >= 0.3 is 0 Å². The van der Waals surface area contributed by atoms with Crippen LogP contribution in [0, 0.1) is 0 Å². The van der Waals surface area contributed by atoms with Gasteiger partial charge in [0.2, 0.25) is 5.91 Å². The Labute approximate surface area is 70.9 Å². The number of hydrogen-bond acceptors (Lipinski definition) is 4. The fraction of sp³-hybridized carbons (Fsp3) is 0.800.